The molecule has 0 aliphatic carbocycles. The molecule has 4 N–H and O–H groups in total. The van der Waals surface area contributed by atoms with Crippen LogP contribution in [-0.2, 0) is 13.2 Å². The first-order chi connectivity index (χ1) is 9.28. The number of thiophene rings is 1. The van der Waals surface area contributed by atoms with Crippen molar-refractivity contribution in [1.29, 1.82) is 0 Å². The predicted octanol–water partition coefficient (Wildman–Crippen LogP) is 2.58. The van der Waals surface area contributed by atoms with Gasteiger partial charge in [-0.2, -0.15) is 0 Å². The maximum absolute atomic E-state index is 8.95. The number of nitrogens with one attached hydrogen (secondary N) is 1. The number of aromatic nitrogens is 1. The average Bonchev–Trinajstić information content (AvgIpc) is 3.05. The second-order valence-electron chi connectivity index (χ2n) is 4.10. The first kappa shape index (κ1) is 12.0. The highest BCUT2D eigenvalue weighted by Gasteiger charge is 2.08. The number of nitrogens with zero attached hydrogens (tertiary/aromatic N) is 1. The molecule has 0 saturated heterocycles. The maximum Gasteiger partial charge on any atom is 0.129 e. The number of fused-ring (bicyclic) bond motifs is 1. The third kappa shape index (κ3) is 2.27. The van der Waals surface area contributed by atoms with E-state index in [0.29, 0.717) is 18.0 Å². The molecule has 0 fully saturated rings. The Kier molecular flexibility index (Phi) is 3.10. The Morgan fingerprint density at radius 1 is 1.32 bits per heavy atom. The monoisotopic (exact) mass is 275 g/mol. The number of aliphatic hydroxyl groups excluding tert-OH is 1. The molecule has 0 unspecified atom stereocenters. The standard InChI is InChI=1S/C13H13N3O2S/c14-10-6-15-11-3-4-19-13(11)12(10)16-5-8-1-2-9(7-17)18-8/h1-4,6,17H,5,7,14H2,(H,15,16). The lowest BCUT2D eigenvalue weighted by Crippen LogP contribution is -2.02. The van der Waals surface area contributed by atoms with Crippen molar-refractivity contribution in [2.45, 2.75) is 13.2 Å². The predicted molar refractivity (Wildman–Crippen MR) is 76.0 cm³/mol. The van der Waals surface area contributed by atoms with Crippen molar-refractivity contribution in [1.82, 2.24) is 4.98 Å². The van der Waals surface area contributed by atoms with Gasteiger partial charge in [-0.1, -0.05) is 0 Å². The summed E-state index contributed by atoms with van der Waals surface area (Å²) in [4.78, 5) is 4.26. The van der Waals surface area contributed by atoms with Crippen LogP contribution in [0.4, 0.5) is 11.4 Å². The third-order valence-corrected chi connectivity index (χ3v) is 3.74. The van der Waals surface area contributed by atoms with E-state index in [1.807, 2.05) is 17.5 Å². The van der Waals surface area contributed by atoms with Crippen LogP contribution in [0.25, 0.3) is 10.2 Å². The molecule has 0 aliphatic rings. The van der Waals surface area contributed by atoms with E-state index in [0.717, 1.165) is 21.7 Å². The molecule has 3 aromatic rings. The Morgan fingerprint density at radius 2 is 2.16 bits per heavy atom. The van der Waals surface area contributed by atoms with Crippen LogP contribution in [0.1, 0.15) is 11.5 Å². The van der Waals surface area contributed by atoms with Gasteiger partial charge in [-0.25, -0.2) is 0 Å². The number of rotatable bonds is 4. The zero-order valence-electron chi connectivity index (χ0n) is 10.1. The second-order valence-corrected chi connectivity index (χ2v) is 5.02. The normalized spacial score (nSPS) is 11.0. The Hall–Kier alpha value is -2.05. The van der Waals surface area contributed by atoms with Crippen molar-refractivity contribution in [3.8, 4) is 0 Å². The van der Waals surface area contributed by atoms with Crippen LogP contribution in [-0.4, -0.2) is 10.1 Å². The zero-order chi connectivity index (χ0) is 13.2. The smallest absolute Gasteiger partial charge is 0.129 e. The maximum atomic E-state index is 8.95. The molecule has 0 bridgehead atoms. The van der Waals surface area contributed by atoms with Crippen LogP contribution in [0.2, 0.25) is 0 Å². The number of furan rings is 1. The van der Waals surface area contributed by atoms with E-state index >= 15 is 0 Å². The van der Waals surface area contributed by atoms with Crippen molar-refractivity contribution < 1.29 is 9.52 Å². The molecule has 0 aliphatic heterocycles. The van der Waals surface area contributed by atoms with Crippen LogP contribution < -0.4 is 11.1 Å². The van der Waals surface area contributed by atoms with E-state index in [4.69, 9.17) is 15.3 Å². The number of pyridine rings is 1. The molecule has 0 saturated carbocycles. The van der Waals surface area contributed by atoms with Gasteiger partial charge in [0.1, 0.15) is 18.1 Å². The summed E-state index contributed by atoms with van der Waals surface area (Å²) in [6, 6.07) is 5.55. The molecule has 3 rings (SSSR count). The van der Waals surface area contributed by atoms with E-state index in [9.17, 15) is 0 Å². The van der Waals surface area contributed by atoms with Crippen molar-refractivity contribution in [3.63, 3.8) is 0 Å². The molecular formula is C13H13N3O2S. The fraction of sp³-hybridized carbons (Fsp3) is 0.154. The van der Waals surface area contributed by atoms with Crippen molar-refractivity contribution in [2.75, 3.05) is 11.1 Å². The molecule has 0 radical (unpaired) electrons. The number of aliphatic hydroxyl groups is 1. The molecule has 5 nitrogen and oxygen atoms in total. The van der Waals surface area contributed by atoms with Gasteiger partial charge in [0.15, 0.2) is 0 Å². The largest absolute Gasteiger partial charge is 0.462 e. The molecule has 3 aromatic heterocycles. The third-order valence-electron chi connectivity index (χ3n) is 2.82. The minimum Gasteiger partial charge on any atom is -0.462 e. The summed E-state index contributed by atoms with van der Waals surface area (Å²) >= 11 is 1.60. The molecule has 0 atom stereocenters. The minimum atomic E-state index is -0.0907. The quantitative estimate of drug-likeness (QED) is 0.681. The molecule has 0 amide bonds. The molecule has 19 heavy (non-hydrogen) atoms. The Labute approximate surface area is 113 Å². The summed E-state index contributed by atoms with van der Waals surface area (Å²) in [6.45, 7) is 0.424. The van der Waals surface area contributed by atoms with E-state index in [-0.39, 0.29) is 6.61 Å². The highest BCUT2D eigenvalue weighted by atomic mass is 32.1. The Morgan fingerprint density at radius 3 is 2.95 bits per heavy atom. The Balaban J connectivity index is 1.84. The summed E-state index contributed by atoms with van der Waals surface area (Å²) in [5, 5.41) is 14.2. The van der Waals surface area contributed by atoms with Crippen LogP contribution in [0.15, 0.2) is 34.2 Å². The number of hydrogen-bond acceptors (Lipinski definition) is 6. The van der Waals surface area contributed by atoms with Gasteiger partial charge in [-0.15, -0.1) is 11.3 Å². The Bertz CT molecular complexity index is 705. The molecule has 3 heterocycles. The van der Waals surface area contributed by atoms with Crippen LogP contribution in [0.3, 0.4) is 0 Å². The molecular weight excluding hydrogens is 262 g/mol. The minimum absolute atomic E-state index is 0.0907. The van der Waals surface area contributed by atoms with Gasteiger partial charge < -0.3 is 20.6 Å². The summed E-state index contributed by atoms with van der Waals surface area (Å²) in [5.74, 6) is 1.31. The first-order valence-electron chi connectivity index (χ1n) is 5.82. The van der Waals surface area contributed by atoms with Gasteiger partial charge in [0.05, 0.1) is 34.3 Å². The van der Waals surface area contributed by atoms with Crippen LogP contribution in [0, 0.1) is 0 Å². The number of nitrogens with two attached hydrogens (primary N) is 1. The van der Waals surface area contributed by atoms with Crippen molar-refractivity contribution >= 4 is 32.9 Å². The summed E-state index contributed by atoms with van der Waals surface area (Å²) < 4.78 is 6.46. The van der Waals surface area contributed by atoms with Crippen LogP contribution >= 0.6 is 11.3 Å². The zero-order valence-corrected chi connectivity index (χ0v) is 10.9. The summed E-state index contributed by atoms with van der Waals surface area (Å²) in [7, 11) is 0. The highest BCUT2D eigenvalue weighted by molar-refractivity contribution is 7.17. The molecule has 6 heteroatoms. The fourth-order valence-electron chi connectivity index (χ4n) is 1.89. The lowest BCUT2D eigenvalue weighted by atomic mass is 10.3. The lowest BCUT2D eigenvalue weighted by molar-refractivity contribution is 0.244. The SMILES string of the molecule is Nc1cnc2ccsc2c1NCc1ccc(CO)o1. The number of hydrogen-bond donors (Lipinski definition) is 3. The van der Waals surface area contributed by atoms with E-state index < -0.39 is 0 Å². The molecule has 0 aromatic carbocycles. The van der Waals surface area contributed by atoms with Crippen molar-refractivity contribution in [2.24, 2.45) is 0 Å². The lowest BCUT2D eigenvalue weighted by Gasteiger charge is -2.08. The van der Waals surface area contributed by atoms with Crippen LogP contribution in [0.5, 0.6) is 0 Å². The fourth-order valence-corrected chi connectivity index (χ4v) is 2.77. The van der Waals surface area contributed by atoms with E-state index in [1.165, 1.54) is 0 Å². The highest BCUT2D eigenvalue weighted by Crippen LogP contribution is 2.32. The van der Waals surface area contributed by atoms with Gasteiger partial charge in [-0.3, -0.25) is 4.98 Å². The van der Waals surface area contributed by atoms with Gasteiger partial charge in [0.25, 0.3) is 0 Å². The van der Waals surface area contributed by atoms with E-state index in [1.54, 1.807) is 23.6 Å². The molecule has 0 spiro atoms. The van der Waals surface area contributed by atoms with Gasteiger partial charge in [-0.05, 0) is 23.6 Å². The topological polar surface area (TPSA) is 84.3 Å². The second kappa shape index (κ2) is 4.91. The van der Waals surface area contributed by atoms with Crippen molar-refractivity contribution in [3.05, 3.63) is 41.3 Å². The number of nitrogen functional groups attached to an aromatic ring is 1. The molecule has 98 valence electrons. The van der Waals surface area contributed by atoms with Gasteiger partial charge >= 0.3 is 0 Å². The van der Waals surface area contributed by atoms with Gasteiger partial charge in [0.2, 0.25) is 0 Å². The van der Waals surface area contributed by atoms with E-state index in [2.05, 4.69) is 10.3 Å². The van der Waals surface area contributed by atoms with Gasteiger partial charge in [0, 0.05) is 0 Å². The summed E-state index contributed by atoms with van der Waals surface area (Å²) in [5.41, 5.74) is 8.37. The number of anilines is 2. The first-order valence-corrected chi connectivity index (χ1v) is 6.70. The average molecular weight is 275 g/mol. The summed E-state index contributed by atoms with van der Waals surface area (Å²) in [6.07, 6.45) is 1.65.